The molecule has 0 N–H and O–H groups in total. The van der Waals surface area contributed by atoms with E-state index in [1.807, 2.05) is 19.1 Å². The molecule has 0 amide bonds. The molecule has 0 aliphatic carbocycles. The molecule has 0 aromatic heterocycles. The van der Waals surface area contributed by atoms with Crippen LogP contribution in [-0.2, 0) is 31.9 Å². The van der Waals surface area contributed by atoms with E-state index in [-0.39, 0.29) is 17.9 Å². The highest BCUT2D eigenvalue weighted by Crippen LogP contribution is 2.14. The number of hydrogen-bond acceptors (Lipinski definition) is 5. The summed E-state index contributed by atoms with van der Waals surface area (Å²) in [5, 5.41) is 10.5. The lowest BCUT2D eigenvalue weighted by Gasteiger charge is -2.07. The minimum Gasteiger partial charge on any atom is -0.550 e. The Bertz CT molecular complexity index is 793. The van der Waals surface area contributed by atoms with Crippen LogP contribution in [0.15, 0.2) is 53.4 Å². The number of benzene rings is 2. The summed E-state index contributed by atoms with van der Waals surface area (Å²) in [6.45, 7) is 2.03. The number of carboxylic acids is 1. The second-order valence-electron chi connectivity index (χ2n) is 5.91. The standard InChI is InChI=1S/C19H22O5S/c1-15-5-11-18(12-6-15)25(22,23)24-13-3-2-4-16-7-9-17(10-8-16)14-19(20)21/h5-12H,2-4,13-14H2,1H3,(H,20,21)/p-1. The van der Waals surface area contributed by atoms with Crippen molar-refractivity contribution in [1.82, 2.24) is 0 Å². The van der Waals surface area contributed by atoms with E-state index in [4.69, 9.17) is 4.18 Å². The summed E-state index contributed by atoms with van der Waals surface area (Å²) < 4.78 is 29.1. The van der Waals surface area contributed by atoms with Crippen LogP contribution in [0.2, 0.25) is 0 Å². The summed E-state index contributed by atoms with van der Waals surface area (Å²) in [7, 11) is -3.70. The molecular weight excluding hydrogens is 340 g/mol. The van der Waals surface area contributed by atoms with Gasteiger partial charge in [-0.3, -0.25) is 4.18 Å². The van der Waals surface area contributed by atoms with Crippen LogP contribution in [0.5, 0.6) is 0 Å². The van der Waals surface area contributed by atoms with Crippen molar-refractivity contribution in [2.45, 2.75) is 37.5 Å². The third-order valence-corrected chi connectivity index (χ3v) is 5.11. The number of hydrogen-bond donors (Lipinski definition) is 0. The summed E-state index contributed by atoms with van der Waals surface area (Å²) in [6.07, 6.45) is 2.08. The lowest BCUT2D eigenvalue weighted by molar-refractivity contribution is -0.304. The second-order valence-corrected chi connectivity index (χ2v) is 7.53. The fourth-order valence-corrected chi connectivity index (χ4v) is 3.31. The summed E-state index contributed by atoms with van der Waals surface area (Å²) in [5.74, 6) is -1.10. The SMILES string of the molecule is Cc1ccc(S(=O)(=O)OCCCCc2ccc(CC(=O)[O-])cc2)cc1. The highest BCUT2D eigenvalue weighted by atomic mass is 32.2. The van der Waals surface area contributed by atoms with Gasteiger partial charge in [0, 0.05) is 12.4 Å². The van der Waals surface area contributed by atoms with E-state index in [0.717, 1.165) is 24.0 Å². The Hall–Kier alpha value is -2.18. The molecule has 134 valence electrons. The Morgan fingerprint density at radius 1 is 0.960 bits per heavy atom. The van der Waals surface area contributed by atoms with Gasteiger partial charge in [0.25, 0.3) is 10.1 Å². The number of rotatable bonds is 9. The Balaban J connectivity index is 1.74. The van der Waals surface area contributed by atoms with Gasteiger partial charge < -0.3 is 9.90 Å². The molecule has 5 nitrogen and oxygen atoms in total. The van der Waals surface area contributed by atoms with Gasteiger partial charge in [-0.2, -0.15) is 8.42 Å². The van der Waals surface area contributed by atoms with Crippen molar-refractivity contribution in [3.63, 3.8) is 0 Å². The maximum Gasteiger partial charge on any atom is 0.296 e. The van der Waals surface area contributed by atoms with Crippen LogP contribution in [-0.4, -0.2) is 21.0 Å². The largest absolute Gasteiger partial charge is 0.550 e. The topological polar surface area (TPSA) is 83.5 Å². The molecule has 0 aliphatic heterocycles. The molecule has 2 rings (SSSR count). The summed E-state index contributed by atoms with van der Waals surface area (Å²) >= 11 is 0. The Morgan fingerprint density at radius 3 is 2.16 bits per heavy atom. The zero-order chi connectivity index (χ0) is 18.3. The molecule has 0 heterocycles. The number of aryl methyl sites for hydroxylation is 2. The molecule has 2 aromatic carbocycles. The van der Waals surface area contributed by atoms with Crippen molar-refractivity contribution in [2.75, 3.05) is 6.61 Å². The van der Waals surface area contributed by atoms with Gasteiger partial charge in [-0.1, -0.05) is 42.0 Å². The fraction of sp³-hybridized carbons (Fsp3) is 0.316. The fourth-order valence-electron chi connectivity index (χ4n) is 2.36. The molecule has 0 bridgehead atoms. The van der Waals surface area contributed by atoms with Crippen LogP contribution in [0.3, 0.4) is 0 Å². The van der Waals surface area contributed by atoms with Gasteiger partial charge in [0.1, 0.15) is 0 Å². The maximum atomic E-state index is 12.0. The smallest absolute Gasteiger partial charge is 0.296 e. The monoisotopic (exact) mass is 361 g/mol. The van der Waals surface area contributed by atoms with Gasteiger partial charge in [-0.25, -0.2) is 0 Å². The Morgan fingerprint density at radius 2 is 1.56 bits per heavy atom. The second kappa shape index (κ2) is 8.78. The molecule has 0 spiro atoms. The van der Waals surface area contributed by atoms with Gasteiger partial charge >= 0.3 is 0 Å². The average Bonchev–Trinajstić information content (AvgIpc) is 2.56. The highest BCUT2D eigenvalue weighted by molar-refractivity contribution is 7.86. The molecule has 0 atom stereocenters. The van der Waals surface area contributed by atoms with Crippen LogP contribution in [0.1, 0.15) is 29.5 Å². The molecule has 0 unspecified atom stereocenters. The molecule has 0 radical (unpaired) electrons. The first-order chi connectivity index (χ1) is 11.9. The van der Waals surface area contributed by atoms with Gasteiger partial charge in [0.2, 0.25) is 0 Å². The van der Waals surface area contributed by atoms with Gasteiger partial charge in [-0.15, -0.1) is 0 Å². The molecule has 2 aromatic rings. The quantitative estimate of drug-likeness (QED) is 0.504. The number of carboxylic acid groups (broad SMARTS) is 1. The minimum atomic E-state index is -3.70. The van der Waals surface area contributed by atoms with E-state index in [2.05, 4.69) is 0 Å². The van der Waals surface area contributed by atoms with E-state index < -0.39 is 16.1 Å². The van der Waals surface area contributed by atoms with Crippen molar-refractivity contribution < 1.29 is 22.5 Å². The van der Waals surface area contributed by atoms with E-state index in [1.54, 1.807) is 36.4 Å². The molecule has 0 saturated heterocycles. The maximum absolute atomic E-state index is 12.0. The predicted octanol–water partition coefficient (Wildman–Crippen LogP) is 2.02. The number of aliphatic carboxylic acids is 1. The lowest BCUT2D eigenvalue weighted by atomic mass is 10.0. The van der Waals surface area contributed by atoms with Crippen molar-refractivity contribution in [1.29, 1.82) is 0 Å². The van der Waals surface area contributed by atoms with E-state index in [0.29, 0.717) is 12.0 Å². The Kier molecular flexibility index (Phi) is 6.73. The van der Waals surface area contributed by atoms with Crippen molar-refractivity contribution in [3.8, 4) is 0 Å². The molecule has 0 fully saturated rings. The minimum absolute atomic E-state index is 0.0923. The number of carbonyl (C=O) groups excluding carboxylic acids is 1. The first kappa shape index (κ1) is 19.1. The van der Waals surface area contributed by atoms with Gasteiger partial charge in [-0.05, 0) is 49.4 Å². The highest BCUT2D eigenvalue weighted by Gasteiger charge is 2.14. The number of carbonyl (C=O) groups is 1. The molecular formula is C19H21O5S-. The molecule has 0 aliphatic rings. The van der Waals surface area contributed by atoms with Crippen LogP contribution in [0.4, 0.5) is 0 Å². The summed E-state index contributed by atoms with van der Waals surface area (Å²) in [5.41, 5.74) is 2.77. The Labute approximate surface area is 148 Å². The van der Waals surface area contributed by atoms with Crippen LogP contribution in [0.25, 0.3) is 0 Å². The van der Waals surface area contributed by atoms with Crippen molar-refractivity contribution in [3.05, 3.63) is 65.2 Å². The van der Waals surface area contributed by atoms with Crippen LogP contribution < -0.4 is 5.11 Å². The third kappa shape index (κ3) is 6.32. The normalized spacial score (nSPS) is 11.4. The van der Waals surface area contributed by atoms with E-state index in [9.17, 15) is 18.3 Å². The molecule has 0 saturated carbocycles. The van der Waals surface area contributed by atoms with E-state index in [1.165, 1.54) is 0 Å². The molecule has 25 heavy (non-hydrogen) atoms. The summed E-state index contributed by atoms with van der Waals surface area (Å²) in [6, 6.07) is 13.8. The summed E-state index contributed by atoms with van der Waals surface area (Å²) in [4.78, 5) is 10.7. The van der Waals surface area contributed by atoms with E-state index >= 15 is 0 Å². The first-order valence-electron chi connectivity index (χ1n) is 8.10. The predicted molar refractivity (Wildman–Crippen MR) is 92.4 cm³/mol. The van der Waals surface area contributed by atoms with Crippen molar-refractivity contribution in [2.24, 2.45) is 0 Å². The van der Waals surface area contributed by atoms with Crippen LogP contribution in [0, 0.1) is 6.92 Å². The zero-order valence-electron chi connectivity index (χ0n) is 14.1. The first-order valence-corrected chi connectivity index (χ1v) is 9.51. The molecule has 6 heteroatoms. The van der Waals surface area contributed by atoms with Gasteiger partial charge in [0.15, 0.2) is 0 Å². The zero-order valence-corrected chi connectivity index (χ0v) is 14.9. The van der Waals surface area contributed by atoms with Gasteiger partial charge in [0.05, 0.1) is 11.5 Å². The number of unbranched alkanes of at least 4 members (excludes halogenated alkanes) is 1. The third-order valence-electron chi connectivity index (χ3n) is 3.78. The average molecular weight is 361 g/mol. The van der Waals surface area contributed by atoms with Crippen LogP contribution >= 0.6 is 0 Å². The lowest BCUT2D eigenvalue weighted by Crippen LogP contribution is -2.24. The van der Waals surface area contributed by atoms with Crippen molar-refractivity contribution >= 4 is 16.1 Å².